The SMILES string of the molecule is Cc1ccc(S(=O)(=O)N[C@@H]2CC(=O)OC2=O)cc1. The first-order valence-electron chi connectivity index (χ1n) is 5.22. The van der Waals surface area contributed by atoms with Crippen LogP contribution in [-0.4, -0.2) is 26.4 Å². The Morgan fingerprint density at radius 2 is 1.83 bits per heavy atom. The summed E-state index contributed by atoms with van der Waals surface area (Å²) in [7, 11) is -3.82. The van der Waals surface area contributed by atoms with Gasteiger partial charge in [-0.05, 0) is 19.1 Å². The van der Waals surface area contributed by atoms with Crippen molar-refractivity contribution in [1.82, 2.24) is 4.72 Å². The van der Waals surface area contributed by atoms with Crippen molar-refractivity contribution in [2.24, 2.45) is 0 Å². The molecule has 1 aromatic carbocycles. The number of rotatable bonds is 3. The normalized spacial score (nSPS) is 19.9. The lowest BCUT2D eigenvalue weighted by molar-refractivity contribution is -0.152. The molecule has 1 atom stereocenters. The van der Waals surface area contributed by atoms with Crippen molar-refractivity contribution in [3.63, 3.8) is 0 Å². The number of cyclic esters (lactones) is 2. The van der Waals surface area contributed by atoms with Gasteiger partial charge in [0, 0.05) is 0 Å². The summed E-state index contributed by atoms with van der Waals surface area (Å²) in [5.74, 6) is -1.59. The van der Waals surface area contributed by atoms with Crippen LogP contribution in [0.3, 0.4) is 0 Å². The molecule has 0 aliphatic carbocycles. The third kappa shape index (κ3) is 2.57. The average Bonchev–Trinajstić information content (AvgIpc) is 2.57. The highest BCUT2D eigenvalue weighted by Crippen LogP contribution is 2.14. The van der Waals surface area contributed by atoms with Crippen molar-refractivity contribution < 1.29 is 22.7 Å². The number of carbonyl (C=O) groups excluding carboxylic acids is 2. The van der Waals surface area contributed by atoms with Gasteiger partial charge in [0.05, 0.1) is 11.3 Å². The molecule has 2 rings (SSSR count). The van der Waals surface area contributed by atoms with Gasteiger partial charge >= 0.3 is 11.9 Å². The van der Waals surface area contributed by atoms with Crippen molar-refractivity contribution in [1.29, 1.82) is 0 Å². The van der Waals surface area contributed by atoms with Crippen molar-refractivity contribution in [3.05, 3.63) is 29.8 Å². The third-order valence-corrected chi connectivity index (χ3v) is 3.99. The first-order chi connectivity index (χ1) is 8.38. The largest absolute Gasteiger partial charge is 0.392 e. The molecule has 0 amide bonds. The van der Waals surface area contributed by atoms with Crippen molar-refractivity contribution in [3.8, 4) is 0 Å². The number of hydrogen-bond donors (Lipinski definition) is 1. The minimum Gasteiger partial charge on any atom is -0.392 e. The Morgan fingerprint density at radius 3 is 2.33 bits per heavy atom. The zero-order valence-electron chi connectivity index (χ0n) is 9.54. The van der Waals surface area contributed by atoms with Gasteiger partial charge in [-0.3, -0.25) is 4.79 Å². The number of ether oxygens (including phenoxy) is 1. The highest BCUT2D eigenvalue weighted by molar-refractivity contribution is 7.89. The van der Waals surface area contributed by atoms with Gasteiger partial charge in [-0.1, -0.05) is 17.7 Å². The van der Waals surface area contributed by atoms with E-state index in [2.05, 4.69) is 9.46 Å². The molecular weight excluding hydrogens is 258 g/mol. The number of nitrogens with one attached hydrogen (secondary N) is 1. The number of carbonyl (C=O) groups is 2. The minimum absolute atomic E-state index is 0.0419. The van der Waals surface area contributed by atoms with E-state index in [0.29, 0.717) is 0 Å². The maximum absolute atomic E-state index is 11.9. The van der Waals surface area contributed by atoms with E-state index in [1.165, 1.54) is 12.1 Å². The lowest BCUT2D eigenvalue weighted by Crippen LogP contribution is -2.37. The van der Waals surface area contributed by atoms with Crippen molar-refractivity contribution in [2.45, 2.75) is 24.3 Å². The monoisotopic (exact) mass is 269 g/mol. The summed E-state index contributed by atoms with van der Waals surface area (Å²) in [5, 5.41) is 0. The van der Waals surface area contributed by atoms with Crippen LogP contribution in [0.25, 0.3) is 0 Å². The lowest BCUT2D eigenvalue weighted by Gasteiger charge is -2.09. The molecule has 1 aliphatic heterocycles. The van der Waals surface area contributed by atoms with Crippen molar-refractivity contribution >= 4 is 22.0 Å². The predicted octanol–water partition coefficient (Wildman–Crippen LogP) is 0.115. The van der Waals surface area contributed by atoms with Crippen LogP contribution in [0.1, 0.15) is 12.0 Å². The number of benzene rings is 1. The maximum atomic E-state index is 11.9. The van der Waals surface area contributed by atoms with E-state index in [-0.39, 0.29) is 11.3 Å². The number of sulfonamides is 1. The second-order valence-corrected chi connectivity index (χ2v) is 5.70. The molecule has 0 unspecified atom stereocenters. The van der Waals surface area contributed by atoms with Crippen LogP contribution in [0, 0.1) is 6.92 Å². The summed E-state index contributed by atoms with van der Waals surface area (Å²) >= 11 is 0. The molecule has 1 saturated heterocycles. The quantitative estimate of drug-likeness (QED) is 0.621. The van der Waals surface area contributed by atoms with E-state index in [9.17, 15) is 18.0 Å². The molecule has 0 radical (unpaired) electrons. The van der Waals surface area contributed by atoms with Crippen LogP contribution in [0.4, 0.5) is 0 Å². The molecule has 0 aromatic heterocycles. The van der Waals surface area contributed by atoms with E-state index in [1.54, 1.807) is 12.1 Å². The second-order valence-electron chi connectivity index (χ2n) is 3.98. The summed E-state index contributed by atoms with van der Waals surface area (Å²) in [6.45, 7) is 1.83. The Labute approximate surface area is 104 Å². The van der Waals surface area contributed by atoms with E-state index in [0.717, 1.165) is 5.56 Å². The van der Waals surface area contributed by atoms with E-state index >= 15 is 0 Å². The summed E-state index contributed by atoms with van der Waals surface area (Å²) in [6.07, 6.45) is -0.274. The summed E-state index contributed by atoms with van der Waals surface area (Å²) < 4.78 is 30.3. The van der Waals surface area contributed by atoms with Gasteiger partial charge in [-0.15, -0.1) is 0 Å². The van der Waals surface area contributed by atoms with Crippen LogP contribution >= 0.6 is 0 Å². The van der Waals surface area contributed by atoms with Gasteiger partial charge in [0.2, 0.25) is 10.0 Å². The molecule has 7 heteroatoms. The van der Waals surface area contributed by atoms with Crippen LogP contribution in [0.15, 0.2) is 29.2 Å². The van der Waals surface area contributed by atoms with Gasteiger partial charge in [-0.2, -0.15) is 4.72 Å². The molecule has 0 spiro atoms. The molecule has 0 saturated carbocycles. The van der Waals surface area contributed by atoms with Gasteiger partial charge in [0.1, 0.15) is 6.04 Å². The molecular formula is C11H11NO5S. The Balaban J connectivity index is 2.20. The Hall–Kier alpha value is -1.73. The van der Waals surface area contributed by atoms with Gasteiger partial charge in [0.15, 0.2) is 0 Å². The maximum Gasteiger partial charge on any atom is 0.332 e. The Morgan fingerprint density at radius 1 is 1.22 bits per heavy atom. The fourth-order valence-corrected chi connectivity index (χ4v) is 2.72. The molecule has 1 heterocycles. The van der Waals surface area contributed by atoms with E-state index in [1.807, 2.05) is 6.92 Å². The Bertz CT molecular complexity index is 590. The molecule has 1 aliphatic rings. The van der Waals surface area contributed by atoms with Crippen LogP contribution in [-0.2, 0) is 24.3 Å². The summed E-state index contributed by atoms with van der Waals surface area (Å²) in [4.78, 5) is 22.1. The van der Waals surface area contributed by atoms with Crippen molar-refractivity contribution in [2.75, 3.05) is 0 Å². The van der Waals surface area contributed by atoms with Crippen LogP contribution in [0.5, 0.6) is 0 Å². The van der Waals surface area contributed by atoms with Crippen LogP contribution < -0.4 is 4.72 Å². The third-order valence-electron chi connectivity index (χ3n) is 2.50. The second kappa shape index (κ2) is 4.51. The molecule has 1 fully saturated rings. The number of hydrogen-bond acceptors (Lipinski definition) is 5. The smallest absolute Gasteiger partial charge is 0.332 e. The summed E-state index contributed by atoms with van der Waals surface area (Å²) in [6, 6.07) is 5.02. The highest BCUT2D eigenvalue weighted by Gasteiger charge is 2.36. The summed E-state index contributed by atoms with van der Waals surface area (Å²) in [5.41, 5.74) is 0.921. The standard InChI is InChI=1S/C11H11NO5S/c1-7-2-4-8(5-3-7)18(15,16)12-9-6-10(13)17-11(9)14/h2-5,9,12H,6H2,1H3/t9-/m1/s1. The average molecular weight is 269 g/mol. The van der Waals surface area contributed by atoms with E-state index < -0.39 is 28.0 Å². The zero-order valence-corrected chi connectivity index (χ0v) is 10.4. The first-order valence-corrected chi connectivity index (χ1v) is 6.70. The predicted molar refractivity (Wildman–Crippen MR) is 61.0 cm³/mol. The Kier molecular flexibility index (Phi) is 3.18. The molecule has 6 nitrogen and oxygen atoms in total. The molecule has 1 aromatic rings. The number of aryl methyl sites for hydroxylation is 1. The van der Waals surface area contributed by atoms with Crippen LogP contribution in [0.2, 0.25) is 0 Å². The van der Waals surface area contributed by atoms with Gasteiger partial charge in [0.25, 0.3) is 0 Å². The molecule has 96 valence electrons. The fourth-order valence-electron chi connectivity index (χ4n) is 1.54. The fraction of sp³-hybridized carbons (Fsp3) is 0.273. The van der Waals surface area contributed by atoms with E-state index in [4.69, 9.17) is 0 Å². The molecule has 0 bridgehead atoms. The lowest BCUT2D eigenvalue weighted by atomic mass is 10.2. The first kappa shape index (κ1) is 12.7. The molecule has 18 heavy (non-hydrogen) atoms. The van der Waals surface area contributed by atoms with Gasteiger partial charge in [-0.25, -0.2) is 13.2 Å². The number of esters is 2. The topological polar surface area (TPSA) is 89.5 Å². The van der Waals surface area contributed by atoms with Gasteiger partial charge < -0.3 is 4.74 Å². The molecule has 1 N–H and O–H groups in total. The zero-order chi connectivity index (χ0) is 13.3. The highest BCUT2D eigenvalue weighted by atomic mass is 32.2. The minimum atomic E-state index is -3.82.